The third kappa shape index (κ3) is 7.99. The lowest BCUT2D eigenvalue weighted by molar-refractivity contribution is -0.138. The van der Waals surface area contributed by atoms with E-state index >= 15 is 0 Å². The quantitative estimate of drug-likeness (QED) is 0.340. The van der Waals surface area contributed by atoms with Crippen LogP contribution in [0.25, 0.3) is 0 Å². The molecule has 0 unspecified atom stereocenters. The van der Waals surface area contributed by atoms with E-state index in [0.717, 1.165) is 0 Å². The van der Waals surface area contributed by atoms with Crippen LogP contribution in [0, 0.1) is 5.41 Å². The molecule has 2 atom stereocenters. The molecule has 30 heavy (non-hydrogen) atoms. The smallest absolute Gasteiger partial charge is 0.404 e. The van der Waals surface area contributed by atoms with E-state index in [4.69, 9.17) is 13.6 Å². The van der Waals surface area contributed by atoms with Crippen molar-refractivity contribution in [1.29, 1.82) is 0 Å². The molecule has 2 rings (SSSR count). The second-order valence-electron chi connectivity index (χ2n) is 7.90. The number of hydrogen-bond donors (Lipinski definition) is 0. The van der Waals surface area contributed by atoms with E-state index in [9.17, 15) is 18.9 Å². The first-order chi connectivity index (χ1) is 14.1. The maximum Gasteiger partial charge on any atom is 0.530 e. The minimum Gasteiger partial charge on any atom is -0.404 e. The fraction of sp³-hybridized carbons (Fsp3) is 0.571. The molecule has 0 amide bonds. The van der Waals surface area contributed by atoms with Gasteiger partial charge in [-0.05, 0) is 25.0 Å². The van der Waals surface area contributed by atoms with Crippen LogP contribution in [-0.2, 0) is 28.0 Å². The summed E-state index contributed by atoms with van der Waals surface area (Å²) in [6, 6.07) is 8.51. The van der Waals surface area contributed by atoms with E-state index in [2.05, 4.69) is 0 Å². The molecule has 0 saturated carbocycles. The van der Waals surface area contributed by atoms with E-state index in [0.29, 0.717) is 30.8 Å². The Balaban J connectivity index is 1.84. The van der Waals surface area contributed by atoms with Crippen LogP contribution in [-0.4, -0.2) is 35.1 Å². The Morgan fingerprint density at radius 3 is 2.47 bits per heavy atom. The summed E-state index contributed by atoms with van der Waals surface area (Å²) in [6.07, 6.45) is 0.938. The molecule has 1 aromatic carbocycles. The van der Waals surface area contributed by atoms with Crippen molar-refractivity contribution in [3.63, 3.8) is 0 Å². The summed E-state index contributed by atoms with van der Waals surface area (Å²) in [5.41, 5.74) is -0.668. The predicted molar refractivity (Wildman–Crippen MR) is 116 cm³/mol. The van der Waals surface area contributed by atoms with E-state index in [-0.39, 0.29) is 36.1 Å². The van der Waals surface area contributed by atoms with Crippen molar-refractivity contribution >= 4 is 36.3 Å². The van der Waals surface area contributed by atoms with Crippen LogP contribution in [0.15, 0.2) is 30.3 Å². The number of rotatable bonds is 11. The molecule has 1 aromatic rings. The van der Waals surface area contributed by atoms with Gasteiger partial charge >= 0.3 is 7.82 Å². The lowest BCUT2D eigenvalue weighted by Gasteiger charge is -2.39. The number of ketones is 2. The lowest BCUT2D eigenvalue weighted by Crippen LogP contribution is -2.45. The standard InChI is InChI=1S/C21H29O7PS/c1-16(22)30-14-8-10-17(23)9-7-13-19(24)20-21(2,3)15-26-29(25,28-20)27-18-11-5-4-6-12-18/h4-6,11-12,20H,7-10,13-15H2,1-3H3/t20-,29-/m0/s1. The highest BCUT2D eigenvalue weighted by atomic mass is 32.2. The summed E-state index contributed by atoms with van der Waals surface area (Å²) >= 11 is 1.21. The molecule has 1 saturated heterocycles. The molecule has 7 nitrogen and oxygen atoms in total. The average Bonchev–Trinajstić information content (AvgIpc) is 2.68. The Kier molecular flexibility index (Phi) is 9.29. The molecule has 0 N–H and O–H groups in total. The zero-order valence-corrected chi connectivity index (χ0v) is 19.3. The van der Waals surface area contributed by atoms with Crippen molar-refractivity contribution in [2.75, 3.05) is 12.4 Å². The maximum atomic E-state index is 12.9. The highest BCUT2D eigenvalue weighted by Crippen LogP contribution is 2.57. The van der Waals surface area contributed by atoms with Gasteiger partial charge < -0.3 is 4.52 Å². The van der Waals surface area contributed by atoms with Crippen molar-refractivity contribution < 1.29 is 32.5 Å². The summed E-state index contributed by atoms with van der Waals surface area (Å²) in [4.78, 5) is 35.6. The Labute approximate surface area is 181 Å². The number of hydrogen-bond acceptors (Lipinski definition) is 8. The molecular formula is C21H29O7PS. The third-order valence-corrected chi connectivity index (χ3v) is 6.82. The van der Waals surface area contributed by atoms with Crippen LogP contribution in [0.5, 0.6) is 5.75 Å². The molecule has 166 valence electrons. The van der Waals surface area contributed by atoms with Crippen LogP contribution in [0.4, 0.5) is 0 Å². The Bertz CT molecular complexity index is 794. The molecule has 1 aliphatic heterocycles. The Morgan fingerprint density at radius 1 is 1.13 bits per heavy atom. The number of carbonyl (C=O) groups is 3. The van der Waals surface area contributed by atoms with E-state index < -0.39 is 19.3 Å². The molecular weight excluding hydrogens is 427 g/mol. The zero-order valence-electron chi connectivity index (χ0n) is 17.6. The highest BCUT2D eigenvalue weighted by molar-refractivity contribution is 8.13. The molecule has 0 aromatic heterocycles. The first kappa shape index (κ1) is 24.8. The highest BCUT2D eigenvalue weighted by Gasteiger charge is 2.49. The van der Waals surface area contributed by atoms with Gasteiger partial charge in [0.2, 0.25) is 0 Å². The van der Waals surface area contributed by atoms with Gasteiger partial charge in [-0.2, -0.15) is 0 Å². The summed E-state index contributed by atoms with van der Waals surface area (Å²) in [7, 11) is -3.92. The number of carbonyl (C=O) groups excluding carboxylic acids is 3. The lowest BCUT2D eigenvalue weighted by atomic mass is 9.84. The first-order valence-corrected chi connectivity index (χ1v) is 12.4. The predicted octanol–water partition coefficient (Wildman–Crippen LogP) is 4.98. The summed E-state index contributed by atoms with van der Waals surface area (Å²) in [6.45, 7) is 5.17. The number of thioether (sulfide) groups is 1. The van der Waals surface area contributed by atoms with E-state index in [1.165, 1.54) is 18.7 Å². The summed E-state index contributed by atoms with van der Waals surface area (Å²) in [5, 5.41) is 0.0423. The molecule has 0 aliphatic carbocycles. The van der Waals surface area contributed by atoms with Crippen LogP contribution < -0.4 is 4.52 Å². The average molecular weight is 456 g/mol. The topological polar surface area (TPSA) is 96.0 Å². The fourth-order valence-corrected chi connectivity index (χ4v) is 5.24. The van der Waals surface area contributed by atoms with Gasteiger partial charge in [-0.3, -0.25) is 23.4 Å². The van der Waals surface area contributed by atoms with Crippen LogP contribution in [0.2, 0.25) is 0 Å². The zero-order chi connectivity index (χ0) is 22.2. The van der Waals surface area contributed by atoms with Gasteiger partial charge in [0.15, 0.2) is 10.9 Å². The SMILES string of the molecule is CC(=O)SCCCC(=O)CCCC(=O)[C@@H]1O[P@](=O)(Oc2ccccc2)OCC1(C)C. The van der Waals surface area contributed by atoms with Gasteiger partial charge in [0.05, 0.1) is 6.61 Å². The Hall–Kier alpha value is -1.47. The van der Waals surface area contributed by atoms with E-state index in [1.54, 1.807) is 44.2 Å². The first-order valence-electron chi connectivity index (χ1n) is 9.97. The normalized spacial score (nSPS) is 23.0. The maximum absolute atomic E-state index is 12.9. The number of para-hydroxylation sites is 1. The molecule has 0 spiro atoms. The minimum absolute atomic E-state index is 0.0423. The van der Waals surface area contributed by atoms with E-state index in [1.807, 2.05) is 0 Å². The van der Waals surface area contributed by atoms with Crippen LogP contribution >= 0.6 is 19.6 Å². The summed E-state index contributed by atoms with van der Waals surface area (Å²) < 4.78 is 29.2. The largest absolute Gasteiger partial charge is 0.530 e. The second kappa shape index (κ2) is 11.2. The van der Waals surface area contributed by atoms with Crippen molar-refractivity contribution in [2.45, 2.75) is 59.0 Å². The molecule has 1 fully saturated rings. The van der Waals surface area contributed by atoms with Crippen molar-refractivity contribution in [3.8, 4) is 5.75 Å². The number of benzene rings is 1. The van der Waals surface area contributed by atoms with Crippen molar-refractivity contribution in [3.05, 3.63) is 30.3 Å². The minimum atomic E-state index is -3.92. The molecule has 9 heteroatoms. The second-order valence-corrected chi connectivity index (χ2v) is 10.7. The fourth-order valence-electron chi connectivity index (χ4n) is 2.98. The van der Waals surface area contributed by atoms with Crippen molar-refractivity contribution in [2.24, 2.45) is 5.41 Å². The summed E-state index contributed by atoms with van der Waals surface area (Å²) in [5.74, 6) is 0.804. The molecule has 0 bridgehead atoms. The number of Topliss-reactive ketones (excluding diaryl/α,β-unsaturated/α-hetero) is 2. The van der Waals surface area contributed by atoms with Gasteiger partial charge in [0, 0.05) is 37.4 Å². The van der Waals surface area contributed by atoms with Gasteiger partial charge in [0.1, 0.15) is 17.6 Å². The van der Waals surface area contributed by atoms with Gasteiger partial charge in [-0.15, -0.1) is 0 Å². The van der Waals surface area contributed by atoms with Crippen LogP contribution in [0.3, 0.4) is 0 Å². The van der Waals surface area contributed by atoms with Gasteiger partial charge in [-0.1, -0.05) is 43.8 Å². The van der Waals surface area contributed by atoms with Crippen molar-refractivity contribution in [1.82, 2.24) is 0 Å². The monoisotopic (exact) mass is 456 g/mol. The number of phosphoric ester groups is 1. The molecule has 1 heterocycles. The Morgan fingerprint density at radius 2 is 1.80 bits per heavy atom. The van der Waals surface area contributed by atoms with Gasteiger partial charge in [-0.25, -0.2) is 4.57 Å². The van der Waals surface area contributed by atoms with Crippen LogP contribution in [0.1, 0.15) is 52.9 Å². The third-order valence-electron chi connectivity index (χ3n) is 4.58. The van der Waals surface area contributed by atoms with Gasteiger partial charge in [0.25, 0.3) is 0 Å². The number of phosphoric acid groups is 1. The molecule has 0 radical (unpaired) electrons. The molecule has 1 aliphatic rings.